The van der Waals surface area contributed by atoms with E-state index >= 15 is 0 Å². The van der Waals surface area contributed by atoms with Crippen molar-refractivity contribution in [3.63, 3.8) is 0 Å². The van der Waals surface area contributed by atoms with E-state index in [9.17, 15) is 15.0 Å². The Morgan fingerprint density at radius 1 is 1.38 bits per heavy atom. The van der Waals surface area contributed by atoms with E-state index < -0.39 is 0 Å². The Labute approximate surface area is 94.8 Å². The molecular weight excluding hydrogens is 228 g/mol. The number of hydrogen-bond donors (Lipinski definition) is 4. The quantitative estimate of drug-likeness (QED) is 0.463. The summed E-state index contributed by atoms with van der Waals surface area (Å²) in [6.45, 7) is 0. The van der Waals surface area contributed by atoms with Crippen LogP contribution in [0.1, 0.15) is 10.4 Å². The molecule has 0 spiro atoms. The van der Waals surface area contributed by atoms with Gasteiger partial charge in [-0.25, -0.2) is 0 Å². The van der Waals surface area contributed by atoms with Crippen molar-refractivity contribution in [3.8, 4) is 11.6 Å². The fraction of sp³-hybridized carbons (Fsp3) is 0.100. The number of nitrogen functional groups attached to an aromatic ring is 1. The molecule has 5 nitrogen and oxygen atoms in total. The summed E-state index contributed by atoms with van der Waals surface area (Å²) >= 11 is 0.955. The van der Waals surface area contributed by atoms with Gasteiger partial charge in [-0.05, 0) is 17.7 Å². The highest BCUT2D eigenvalue weighted by Crippen LogP contribution is 2.25. The number of nitrogens with one attached hydrogen (secondary N) is 1. The molecular formula is C10H10N2O3S. The zero-order valence-corrected chi connectivity index (χ0v) is 9.04. The lowest BCUT2D eigenvalue weighted by Gasteiger charge is -2.02. The molecule has 1 aromatic heterocycles. The molecule has 0 radical (unpaired) electrons. The molecule has 0 aliphatic heterocycles. The number of benzene rings is 1. The SMILES string of the molecule is Nc1cc(Cc2sc(=O)[nH]c2O)ccc1O. The average molecular weight is 238 g/mol. The molecule has 0 bridgehead atoms. The first kappa shape index (κ1) is 10.6. The molecule has 6 heteroatoms. The zero-order chi connectivity index (χ0) is 11.7. The van der Waals surface area contributed by atoms with Gasteiger partial charge >= 0.3 is 4.87 Å². The largest absolute Gasteiger partial charge is 0.506 e. The highest BCUT2D eigenvalue weighted by Gasteiger charge is 2.08. The van der Waals surface area contributed by atoms with Gasteiger partial charge in [-0.2, -0.15) is 0 Å². The Bertz CT molecular complexity index is 574. The smallest absolute Gasteiger partial charge is 0.307 e. The number of hydrogen-bond acceptors (Lipinski definition) is 5. The molecule has 2 aromatic rings. The lowest BCUT2D eigenvalue weighted by molar-refractivity contribution is 0.451. The van der Waals surface area contributed by atoms with Crippen LogP contribution in [0.15, 0.2) is 23.0 Å². The molecule has 1 aromatic carbocycles. The average Bonchev–Trinajstić information content (AvgIpc) is 2.51. The maximum atomic E-state index is 11.0. The van der Waals surface area contributed by atoms with Gasteiger partial charge in [0.1, 0.15) is 5.75 Å². The summed E-state index contributed by atoms with van der Waals surface area (Å²) in [6.07, 6.45) is 0.402. The van der Waals surface area contributed by atoms with Crippen LogP contribution in [0.25, 0.3) is 0 Å². The van der Waals surface area contributed by atoms with E-state index in [0.29, 0.717) is 11.3 Å². The van der Waals surface area contributed by atoms with E-state index in [4.69, 9.17) is 5.73 Å². The van der Waals surface area contributed by atoms with Gasteiger partial charge in [-0.3, -0.25) is 9.78 Å². The van der Waals surface area contributed by atoms with E-state index in [2.05, 4.69) is 4.98 Å². The second-order valence-electron chi connectivity index (χ2n) is 3.36. The van der Waals surface area contributed by atoms with Crippen LogP contribution < -0.4 is 10.6 Å². The Balaban J connectivity index is 2.30. The number of anilines is 1. The third-order valence-corrected chi connectivity index (χ3v) is 3.03. The van der Waals surface area contributed by atoms with Crippen molar-refractivity contribution in [2.45, 2.75) is 6.42 Å². The van der Waals surface area contributed by atoms with Gasteiger partial charge in [-0.15, -0.1) is 0 Å². The Morgan fingerprint density at radius 2 is 2.12 bits per heavy atom. The Morgan fingerprint density at radius 3 is 2.69 bits per heavy atom. The molecule has 0 unspecified atom stereocenters. The van der Waals surface area contributed by atoms with E-state index in [1.807, 2.05) is 0 Å². The zero-order valence-electron chi connectivity index (χ0n) is 8.23. The Hall–Kier alpha value is -1.95. The summed E-state index contributed by atoms with van der Waals surface area (Å²) < 4.78 is 0. The predicted octanol–water partition coefficient (Wildman–Crippen LogP) is 1.02. The van der Waals surface area contributed by atoms with E-state index in [1.54, 1.807) is 12.1 Å². The minimum Gasteiger partial charge on any atom is -0.506 e. The van der Waals surface area contributed by atoms with Gasteiger partial charge in [0.25, 0.3) is 0 Å². The molecule has 0 fully saturated rings. The molecule has 2 rings (SSSR count). The number of aromatic nitrogens is 1. The van der Waals surface area contributed by atoms with Crippen LogP contribution in [0.4, 0.5) is 5.69 Å². The monoisotopic (exact) mass is 238 g/mol. The number of aromatic amines is 1. The third-order valence-electron chi connectivity index (χ3n) is 2.16. The van der Waals surface area contributed by atoms with Crippen LogP contribution in [-0.4, -0.2) is 15.2 Å². The second kappa shape index (κ2) is 3.90. The second-order valence-corrected chi connectivity index (χ2v) is 4.42. The minimum absolute atomic E-state index is 0.0234. The van der Waals surface area contributed by atoms with Gasteiger partial charge in [-0.1, -0.05) is 17.4 Å². The van der Waals surface area contributed by atoms with Crippen molar-refractivity contribution < 1.29 is 10.2 Å². The van der Waals surface area contributed by atoms with E-state index in [-0.39, 0.29) is 22.2 Å². The van der Waals surface area contributed by atoms with Crippen molar-refractivity contribution in [1.82, 2.24) is 4.98 Å². The van der Waals surface area contributed by atoms with Crippen molar-refractivity contribution in [1.29, 1.82) is 0 Å². The first-order valence-corrected chi connectivity index (χ1v) is 5.36. The number of nitrogens with two attached hydrogens (primary N) is 1. The van der Waals surface area contributed by atoms with E-state index in [1.165, 1.54) is 6.07 Å². The molecule has 0 saturated heterocycles. The number of thiazole rings is 1. The molecule has 16 heavy (non-hydrogen) atoms. The summed E-state index contributed by atoms with van der Waals surface area (Å²) in [5, 5.41) is 18.6. The van der Waals surface area contributed by atoms with Crippen molar-refractivity contribution in [2.75, 3.05) is 5.73 Å². The van der Waals surface area contributed by atoms with Gasteiger partial charge in [0.2, 0.25) is 5.88 Å². The summed E-state index contributed by atoms with van der Waals surface area (Å²) in [5.41, 5.74) is 6.64. The predicted molar refractivity (Wildman–Crippen MR) is 61.9 cm³/mol. The van der Waals surface area contributed by atoms with Crippen LogP contribution in [-0.2, 0) is 6.42 Å². The summed E-state index contributed by atoms with van der Waals surface area (Å²) in [6, 6.07) is 4.78. The van der Waals surface area contributed by atoms with Gasteiger partial charge < -0.3 is 15.9 Å². The van der Waals surface area contributed by atoms with Crippen LogP contribution in [0.5, 0.6) is 11.6 Å². The van der Waals surface area contributed by atoms with Gasteiger partial charge in [0.15, 0.2) is 0 Å². The fourth-order valence-corrected chi connectivity index (χ4v) is 2.13. The first-order valence-electron chi connectivity index (χ1n) is 4.54. The van der Waals surface area contributed by atoms with E-state index in [0.717, 1.165) is 16.9 Å². The third kappa shape index (κ3) is 2.01. The maximum Gasteiger partial charge on any atom is 0.307 e. The number of phenols is 1. The Kier molecular flexibility index (Phi) is 2.57. The number of phenolic OH excluding ortho intramolecular Hbond substituents is 1. The van der Waals surface area contributed by atoms with Gasteiger partial charge in [0, 0.05) is 6.42 Å². The molecule has 5 N–H and O–H groups in total. The lowest BCUT2D eigenvalue weighted by Crippen LogP contribution is -1.90. The van der Waals surface area contributed by atoms with Crippen LogP contribution in [0.2, 0.25) is 0 Å². The van der Waals surface area contributed by atoms with Crippen LogP contribution in [0.3, 0.4) is 0 Å². The first-order chi connectivity index (χ1) is 7.56. The highest BCUT2D eigenvalue weighted by molar-refractivity contribution is 7.09. The molecule has 0 atom stereocenters. The number of aromatic hydroxyl groups is 2. The van der Waals surface area contributed by atoms with Crippen LogP contribution in [0, 0.1) is 0 Å². The summed E-state index contributed by atoms with van der Waals surface area (Å²) in [5.74, 6) is -0.0862. The number of rotatable bonds is 2. The standard InChI is InChI=1S/C10H10N2O3S/c11-6-3-5(1-2-7(6)13)4-8-9(14)12-10(15)16-8/h1-3,13-14H,4,11H2,(H,12,15). The molecule has 0 amide bonds. The van der Waals surface area contributed by atoms with Gasteiger partial charge in [0.05, 0.1) is 10.6 Å². The van der Waals surface area contributed by atoms with Crippen molar-refractivity contribution in [3.05, 3.63) is 38.3 Å². The molecule has 84 valence electrons. The van der Waals surface area contributed by atoms with Crippen molar-refractivity contribution in [2.24, 2.45) is 0 Å². The number of H-pyrrole nitrogens is 1. The summed E-state index contributed by atoms with van der Waals surface area (Å²) in [4.78, 5) is 13.5. The summed E-state index contributed by atoms with van der Waals surface area (Å²) in [7, 11) is 0. The lowest BCUT2D eigenvalue weighted by atomic mass is 10.1. The minimum atomic E-state index is -0.292. The van der Waals surface area contributed by atoms with Crippen molar-refractivity contribution >= 4 is 17.0 Å². The fourth-order valence-electron chi connectivity index (χ4n) is 1.37. The topological polar surface area (TPSA) is 99.3 Å². The molecule has 0 saturated carbocycles. The molecule has 0 aliphatic carbocycles. The normalized spacial score (nSPS) is 10.5. The molecule has 1 heterocycles. The highest BCUT2D eigenvalue weighted by atomic mass is 32.1. The maximum absolute atomic E-state index is 11.0. The molecule has 0 aliphatic rings. The van der Waals surface area contributed by atoms with Crippen LogP contribution >= 0.6 is 11.3 Å².